The van der Waals surface area contributed by atoms with E-state index >= 15 is 0 Å². The van der Waals surface area contributed by atoms with Crippen LogP contribution in [-0.2, 0) is 4.79 Å². The van der Waals surface area contributed by atoms with E-state index in [9.17, 15) is 4.79 Å². The topological polar surface area (TPSA) is 105 Å². The molecule has 0 aliphatic rings. The van der Waals surface area contributed by atoms with E-state index in [0.717, 1.165) is 0 Å². The fourth-order valence-corrected chi connectivity index (χ4v) is 0.977. The van der Waals surface area contributed by atoms with Crippen LogP contribution in [0, 0.1) is 0 Å². The van der Waals surface area contributed by atoms with Gasteiger partial charge >= 0.3 is 5.97 Å². The zero-order chi connectivity index (χ0) is 11.5. The molecule has 8 nitrogen and oxygen atoms in total. The molecule has 8 heteroatoms. The molecular weight excluding hydrogens is 212 g/mol. The Kier molecular flexibility index (Phi) is 2.46. The van der Waals surface area contributed by atoms with Gasteiger partial charge in [-0.15, -0.1) is 15.3 Å². The Morgan fingerprint density at radius 1 is 1.56 bits per heavy atom. The standard InChI is InChI=1S/C8H8N6O2/c1-5(8(15)16)10-11-6-2-3-7-12-9-4-14(7)13-6/h2-4H,1H3,(H,11,13)(H,15,16)/b10-5-. The summed E-state index contributed by atoms with van der Waals surface area (Å²) in [6.07, 6.45) is 1.44. The summed E-state index contributed by atoms with van der Waals surface area (Å²) in [6, 6.07) is 3.32. The molecule has 0 amide bonds. The number of aromatic nitrogens is 4. The first-order chi connectivity index (χ1) is 7.66. The number of carboxylic acids is 1. The molecule has 0 saturated heterocycles. The summed E-state index contributed by atoms with van der Waals surface area (Å²) < 4.78 is 1.45. The maximum Gasteiger partial charge on any atom is 0.351 e. The number of carbonyl (C=O) groups is 1. The minimum Gasteiger partial charge on any atom is -0.477 e. The molecule has 0 aliphatic heterocycles. The summed E-state index contributed by atoms with van der Waals surface area (Å²) in [5.74, 6) is -0.675. The third-order valence-corrected chi connectivity index (χ3v) is 1.81. The summed E-state index contributed by atoms with van der Waals surface area (Å²) >= 11 is 0. The molecule has 16 heavy (non-hydrogen) atoms. The number of hydrazone groups is 1. The molecule has 0 fully saturated rings. The molecule has 0 unspecified atom stereocenters. The molecule has 2 rings (SSSR count). The monoisotopic (exact) mass is 220 g/mol. The number of fused-ring (bicyclic) bond motifs is 1. The van der Waals surface area contributed by atoms with Crippen molar-refractivity contribution in [3.8, 4) is 0 Å². The maximum absolute atomic E-state index is 10.5. The Labute approximate surface area is 89.6 Å². The molecule has 2 aromatic rings. The van der Waals surface area contributed by atoms with E-state index in [0.29, 0.717) is 11.5 Å². The van der Waals surface area contributed by atoms with E-state index in [1.165, 1.54) is 17.8 Å². The molecule has 0 radical (unpaired) electrons. The molecule has 0 aromatic carbocycles. The van der Waals surface area contributed by atoms with Gasteiger partial charge in [0.1, 0.15) is 12.0 Å². The number of anilines is 1. The van der Waals surface area contributed by atoms with E-state index in [1.54, 1.807) is 12.1 Å². The van der Waals surface area contributed by atoms with Gasteiger partial charge in [0.25, 0.3) is 0 Å². The second-order valence-electron chi connectivity index (χ2n) is 2.97. The van der Waals surface area contributed by atoms with Crippen LogP contribution in [-0.4, -0.2) is 36.6 Å². The fraction of sp³-hybridized carbons (Fsp3) is 0.125. The van der Waals surface area contributed by atoms with Crippen LogP contribution in [0.1, 0.15) is 6.92 Å². The lowest BCUT2D eigenvalue weighted by molar-refractivity contribution is -0.129. The zero-order valence-electron chi connectivity index (χ0n) is 8.32. The SMILES string of the molecule is C/C(=N/Nc1ccc2nncn2n1)C(=O)O. The number of nitrogens with one attached hydrogen (secondary N) is 1. The Hall–Kier alpha value is -2.51. The van der Waals surface area contributed by atoms with Gasteiger partial charge in [-0.2, -0.15) is 9.62 Å². The van der Waals surface area contributed by atoms with E-state index < -0.39 is 5.97 Å². The van der Waals surface area contributed by atoms with Gasteiger partial charge in [0, 0.05) is 0 Å². The molecular formula is C8H8N6O2. The molecule has 2 N–H and O–H groups in total. The van der Waals surface area contributed by atoms with Crippen molar-refractivity contribution in [1.29, 1.82) is 0 Å². The minimum atomic E-state index is -1.09. The quantitative estimate of drug-likeness (QED) is 0.557. The van der Waals surface area contributed by atoms with Crippen LogP contribution in [0.2, 0.25) is 0 Å². The third-order valence-electron chi connectivity index (χ3n) is 1.81. The third kappa shape index (κ3) is 1.95. The average Bonchev–Trinajstić information content (AvgIpc) is 2.72. The van der Waals surface area contributed by atoms with Crippen LogP contribution in [0.25, 0.3) is 5.65 Å². The van der Waals surface area contributed by atoms with Gasteiger partial charge in [-0.25, -0.2) is 4.79 Å². The average molecular weight is 220 g/mol. The van der Waals surface area contributed by atoms with Gasteiger partial charge in [0.05, 0.1) is 0 Å². The molecule has 0 aliphatic carbocycles. The number of hydrogen-bond acceptors (Lipinski definition) is 6. The molecule has 0 atom stereocenters. The highest BCUT2D eigenvalue weighted by Crippen LogP contribution is 2.03. The number of rotatable bonds is 3. The van der Waals surface area contributed by atoms with Gasteiger partial charge < -0.3 is 5.11 Å². The highest BCUT2D eigenvalue weighted by atomic mass is 16.4. The van der Waals surface area contributed by atoms with Crippen LogP contribution in [0.5, 0.6) is 0 Å². The summed E-state index contributed by atoms with van der Waals surface area (Å²) in [6.45, 7) is 1.38. The lowest BCUT2D eigenvalue weighted by Crippen LogP contribution is -2.10. The minimum absolute atomic E-state index is 0.0503. The molecule has 2 heterocycles. The Bertz CT molecular complexity index is 560. The molecule has 2 aromatic heterocycles. The second kappa shape index (κ2) is 3.93. The lowest BCUT2D eigenvalue weighted by atomic mass is 10.4. The highest BCUT2D eigenvalue weighted by molar-refractivity contribution is 6.34. The highest BCUT2D eigenvalue weighted by Gasteiger charge is 2.02. The predicted molar refractivity (Wildman–Crippen MR) is 55.1 cm³/mol. The van der Waals surface area contributed by atoms with Crippen molar-refractivity contribution in [2.24, 2.45) is 5.10 Å². The van der Waals surface area contributed by atoms with E-state index in [2.05, 4.69) is 25.8 Å². The number of aliphatic carboxylic acids is 1. The fourth-order valence-electron chi connectivity index (χ4n) is 0.977. The smallest absolute Gasteiger partial charge is 0.351 e. The van der Waals surface area contributed by atoms with Crippen molar-refractivity contribution in [2.45, 2.75) is 6.92 Å². The van der Waals surface area contributed by atoms with Crippen molar-refractivity contribution in [3.63, 3.8) is 0 Å². The Morgan fingerprint density at radius 2 is 2.38 bits per heavy atom. The van der Waals surface area contributed by atoms with E-state index in [4.69, 9.17) is 5.11 Å². The first-order valence-corrected chi connectivity index (χ1v) is 4.37. The van der Waals surface area contributed by atoms with Crippen molar-refractivity contribution >= 4 is 23.1 Å². The van der Waals surface area contributed by atoms with Crippen LogP contribution in [0.4, 0.5) is 5.82 Å². The van der Waals surface area contributed by atoms with Crippen LogP contribution >= 0.6 is 0 Å². The lowest BCUT2D eigenvalue weighted by Gasteiger charge is -1.99. The van der Waals surface area contributed by atoms with Crippen LogP contribution < -0.4 is 5.43 Å². The van der Waals surface area contributed by atoms with Gasteiger partial charge in [-0.05, 0) is 19.1 Å². The Morgan fingerprint density at radius 3 is 3.12 bits per heavy atom. The first-order valence-electron chi connectivity index (χ1n) is 4.37. The van der Waals surface area contributed by atoms with Gasteiger partial charge in [-0.3, -0.25) is 5.43 Å². The van der Waals surface area contributed by atoms with Gasteiger partial charge in [-0.1, -0.05) is 0 Å². The number of hydrogen-bond donors (Lipinski definition) is 2. The van der Waals surface area contributed by atoms with Crippen molar-refractivity contribution in [2.75, 3.05) is 5.43 Å². The summed E-state index contributed by atoms with van der Waals surface area (Å²) in [5.41, 5.74) is 3.08. The summed E-state index contributed by atoms with van der Waals surface area (Å²) in [4.78, 5) is 10.5. The number of nitrogens with zero attached hydrogens (tertiary/aromatic N) is 5. The van der Waals surface area contributed by atoms with Crippen molar-refractivity contribution < 1.29 is 9.90 Å². The second-order valence-corrected chi connectivity index (χ2v) is 2.97. The zero-order valence-corrected chi connectivity index (χ0v) is 8.32. The van der Waals surface area contributed by atoms with Crippen LogP contribution in [0.3, 0.4) is 0 Å². The van der Waals surface area contributed by atoms with Gasteiger partial charge in [0.2, 0.25) is 0 Å². The Balaban J connectivity index is 2.21. The van der Waals surface area contributed by atoms with E-state index in [1.807, 2.05) is 0 Å². The van der Waals surface area contributed by atoms with Crippen molar-refractivity contribution in [3.05, 3.63) is 18.5 Å². The predicted octanol–water partition coefficient (Wildman–Crippen LogP) is -0.00330. The van der Waals surface area contributed by atoms with Crippen molar-refractivity contribution in [1.82, 2.24) is 19.8 Å². The largest absolute Gasteiger partial charge is 0.477 e. The molecule has 82 valence electrons. The number of carboxylic acid groups (broad SMARTS) is 1. The first kappa shape index (κ1) is 10.0. The van der Waals surface area contributed by atoms with Crippen LogP contribution in [0.15, 0.2) is 23.6 Å². The summed E-state index contributed by atoms with van der Waals surface area (Å²) in [7, 11) is 0. The molecule has 0 spiro atoms. The molecule has 0 bridgehead atoms. The normalized spacial score (nSPS) is 11.7. The molecule has 0 saturated carbocycles. The van der Waals surface area contributed by atoms with E-state index in [-0.39, 0.29) is 5.71 Å². The summed E-state index contributed by atoms with van der Waals surface area (Å²) in [5, 5.41) is 23.7. The van der Waals surface area contributed by atoms with Gasteiger partial charge in [0.15, 0.2) is 11.5 Å². The maximum atomic E-state index is 10.5.